The summed E-state index contributed by atoms with van der Waals surface area (Å²) in [5.74, 6) is 1.41. The highest BCUT2D eigenvalue weighted by Gasteiger charge is 2.84. The predicted molar refractivity (Wildman–Crippen MR) is 169 cm³/mol. The molecule has 7 rings (SSSR count). The van der Waals surface area contributed by atoms with Crippen molar-refractivity contribution in [2.75, 3.05) is 26.0 Å². The van der Waals surface area contributed by atoms with Crippen LogP contribution in [-0.4, -0.2) is 96.4 Å². The largest absolute Gasteiger partial charge is 0.390 e. The first kappa shape index (κ1) is 33.2. The summed E-state index contributed by atoms with van der Waals surface area (Å²) in [6.07, 6.45) is 6.68. The van der Waals surface area contributed by atoms with Crippen molar-refractivity contribution in [3.8, 4) is 0 Å². The van der Waals surface area contributed by atoms with Crippen molar-refractivity contribution in [1.82, 2.24) is 4.31 Å². The predicted octanol–water partition coefficient (Wildman–Crippen LogP) is 3.93. The Morgan fingerprint density at radius 1 is 1.02 bits per heavy atom. The lowest BCUT2D eigenvalue weighted by Gasteiger charge is -2.64. The molecule has 14 atom stereocenters. The van der Waals surface area contributed by atoms with Crippen molar-refractivity contribution in [2.45, 2.75) is 142 Å². The smallest absolute Gasteiger partial charge is 0.211 e. The van der Waals surface area contributed by atoms with Crippen LogP contribution in [-0.2, 0) is 24.2 Å². The zero-order valence-electron chi connectivity index (χ0n) is 28.8. The highest BCUT2D eigenvalue weighted by atomic mass is 32.2. The summed E-state index contributed by atoms with van der Waals surface area (Å²) in [6.45, 7) is 16.0. The van der Waals surface area contributed by atoms with Gasteiger partial charge in [0.2, 0.25) is 10.0 Å². The first-order valence-corrected chi connectivity index (χ1v) is 19.5. The second kappa shape index (κ2) is 10.1. The molecule has 258 valence electrons. The normalized spacial score (nSPS) is 53.4. The minimum atomic E-state index is -3.29. The molecule has 0 amide bonds. The lowest BCUT2D eigenvalue weighted by Crippen LogP contribution is -2.60. The van der Waals surface area contributed by atoms with Gasteiger partial charge < -0.3 is 29.5 Å². The minimum absolute atomic E-state index is 0.00426. The number of morpholine rings is 1. The van der Waals surface area contributed by atoms with Gasteiger partial charge in [-0.25, -0.2) is 8.42 Å². The van der Waals surface area contributed by atoms with E-state index in [2.05, 4.69) is 34.6 Å². The van der Waals surface area contributed by atoms with Crippen LogP contribution in [0.1, 0.15) is 99.8 Å². The van der Waals surface area contributed by atoms with Crippen LogP contribution in [0.5, 0.6) is 0 Å². The van der Waals surface area contributed by atoms with Gasteiger partial charge in [-0.2, -0.15) is 4.31 Å². The molecule has 0 aromatic rings. The molecular formula is C35H59NO8S. The number of sulfonamides is 1. The Hall–Kier alpha value is -0.330. The zero-order chi connectivity index (χ0) is 32.8. The lowest BCUT2D eigenvalue weighted by molar-refractivity contribution is -0.243. The number of fused-ring (bicyclic) bond motifs is 4. The van der Waals surface area contributed by atoms with Gasteiger partial charge >= 0.3 is 0 Å². The van der Waals surface area contributed by atoms with Crippen LogP contribution in [0.4, 0.5) is 0 Å². The molecule has 2 saturated heterocycles. The molecule has 10 heteroatoms. The summed E-state index contributed by atoms with van der Waals surface area (Å²) in [6, 6.07) is 0. The number of rotatable bonds is 5. The van der Waals surface area contributed by atoms with E-state index >= 15 is 0 Å². The fraction of sp³-hybridized carbons (Fsp3) is 1.00. The van der Waals surface area contributed by atoms with E-state index in [1.54, 1.807) is 13.8 Å². The average Bonchev–Trinajstić information content (AvgIpc) is 3.58. The van der Waals surface area contributed by atoms with Gasteiger partial charge in [0.1, 0.15) is 6.10 Å². The van der Waals surface area contributed by atoms with Gasteiger partial charge in [-0.15, -0.1) is 0 Å². The molecular weight excluding hydrogens is 594 g/mol. The summed E-state index contributed by atoms with van der Waals surface area (Å²) in [5, 5.41) is 34.0. The molecule has 2 heterocycles. The van der Waals surface area contributed by atoms with E-state index in [4.69, 9.17) is 14.2 Å². The standard InChI is InChI=1S/C35H59NO8S/c1-20-17-21(28(37)31(4,5)39)43-27-26(20)32(6)13-14-35-19-34(35)12-11-24(44-25-18-36(15-16-42-25)45(8,40)41)30(2,3)22(34)9-10-23(35)33(32,7)29(27)38/h20-29,37-39H,9-19H2,1-8H3/t20-,21?,22+,23+,24?,25+,26?,27?,28+,29+,32-,33-,34-,35?/m1/s1. The third-order valence-corrected chi connectivity index (χ3v) is 16.9. The van der Waals surface area contributed by atoms with Crippen LogP contribution in [0.2, 0.25) is 0 Å². The van der Waals surface area contributed by atoms with Crippen LogP contribution in [0.3, 0.4) is 0 Å². The van der Waals surface area contributed by atoms with Gasteiger partial charge in [0.05, 0.1) is 49.4 Å². The Morgan fingerprint density at radius 3 is 2.36 bits per heavy atom. The zero-order valence-corrected chi connectivity index (χ0v) is 29.6. The molecule has 0 aromatic carbocycles. The van der Waals surface area contributed by atoms with Gasteiger partial charge in [-0.05, 0) is 111 Å². The van der Waals surface area contributed by atoms with E-state index in [9.17, 15) is 23.7 Å². The number of hydrogen-bond donors (Lipinski definition) is 3. The molecule has 45 heavy (non-hydrogen) atoms. The maximum atomic E-state index is 12.4. The van der Waals surface area contributed by atoms with E-state index in [0.29, 0.717) is 31.4 Å². The molecule has 0 bridgehead atoms. The first-order valence-electron chi connectivity index (χ1n) is 17.7. The number of ether oxygens (including phenoxy) is 3. The minimum Gasteiger partial charge on any atom is -0.390 e. The molecule has 0 aromatic heterocycles. The molecule has 7 aliphatic rings. The van der Waals surface area contributed by atoms with Crippen LogP contribution in [0, 0.1) is 50.7 Å². The van der Waals surface area contributed by atoms with E-state index in [1.807, 2.05) is 0 Å². The van der Waals surface area contributed by atoms with E-state index in [1.165, 1.54) is 23.4 Å². The molecule has 7 fully saturated rings. The fourth-order valence-electron chi connectivity index (χ4n) is 13.4. The molecule has 0 radical (unpaired) electrons. The van der Waals surface area contributed by atoms with Crippen molar-refractivity contribution < 1.29 is 37.9 Å². The molecule has 2 aliphatic heterocycles. The summed E-state index contributed by atoms with van der Waals surface area (Å²) in [5.41, 5.74) is -1.24. The molecule has 5 aliphatic carbocycles. The van der Waals surface area contributed by atoms with Gasteiger partial charge in [0.15, 0.2) is 6.29 Å². The maximum absolute atomic E-state index is 12.4. The van der Waals surface area contributed by atoms with Crippen molar-refractivity contribution in [3.05, 3.63) is 0 Å². The summed E-state index contributed by atoms with van der Waals surface area (Å²) in [7, 11) is -3.29. The van der Waals surface area contributed by atoms with Crippen molar-refractivity contribution in [3.63, 3.8) is 0 Å². The summed E-state index contributed by atoms with van der Waals surface area (Å²) < 4.78 is 45.2. The highest BCUT2D eigenvalue weighted by Crippen LogP contribution is 2.89. The van der Waals surface area contributed by atoms with Crippen LogP contribution in [0.25, 0.3) is 0 Å². The van der Waals surface area contributed by atoms with Crippen molar-refractivity contribution in [1.29, 1.82) is 0 Å². The Morgan fingerprint density at radius 2 is 1.69 bits per heavy atom. The topological polar surface area (TPSA) is 126 Å². The number of aliphatic hydroxyl groups is 3. The SMILES string of the molecule is C[C@@H]1CC([C@H](O)C(C)(C)O)OC2C1[C@@]1(C)CCC34C[C@@]35CCC(O[C@H]3CN(S(C)(=O)=O)CCO3)C(C)(C)[C@@H]5CC[C@H]4[C@]1(C)[C@H]2O. The second-order valence-corrected chi connectivity index (χ2v) is 20.2. The fourth-order valence-corrected chi connectivity index (χ4v) is 14.2. The van der Waals surface area contributed by atoms with Gasteiger partial charge in [0, 0.05) is 12.0 Å². The number of nitrogens with zero attached hydrogens (tertiary/aromatic N) is 1. The van der Waals surface area contributed by atoms with Gasteiger partial charge in [-0.1, -0.05) is 34.6 Å². The van der Waals surface area contributed by atoms with E-state index in [-0.39, 0.29) is 57.7 Å². The number of hydrogen-bond acceptors (Lipinski definition) is 8. The highest BCUT2D eigenvalue weighted by molar-refractivity contribution is 7.88. The third-order valence-electron chi connectivity index (χ3n) is 15.6. The lowest BCUT2D eigenvalue weighted by atomic mass is 9.41. The molecule has 2 spiro atoms. The third kappa shape index (κ3) is 4.37. The molecule has 3 N–H and O–H groups in total. The van der Waals surface area contributed by atoms with E-state index < -0.39 is 40.2 Å². The molecule has 5 unspecified atom stereocenters. The Kier molecular flexibility index (Phi) is 7.46. The average molecular weight is 654 g/mol. The summed E-state index contributed by atoms with van der Waals surface area (Å²) in [4.78, 5) is 0. The molecule has 9 nitrogen and oxygen atoms in total. The Labute approximate surface area is 270 Å². The van der Waals surface area contributed by atoms with Gasteiger partial charge in [-0.3, -0.25) is 0 Å². The quantitative estimate of drug-likeness (QED) is 0.408. The van der Waals surface area contributed by atoms with Crippen LogP contribution < -0.4 is 0 Å². The van der Waals surface area contributed by atoms with Crippen molar-refractivity contribution in [2.24, 2.45) is 50.7 Å². The Bertz CT molecular complexity index is 1300. The van der Waals surface area contributed by atoms with Gasteiger partial charge in [0.25, 0.3) is 0 Å². The van der Waals surface area contributed by atoms with Crippen LogP contribution in [0.15, 0.2) is 0 Å². The first-order chi connectivity index (χ1) is 20.7. The monoisotopic (exact) mass is 653 g/mol. The van der Waals surface area contributed by atoms with Crippen LogP contribution >= 0.6 is 0 Å². The molecule has 5 saturated carbocycles. The van der Waals surface area contributed by atoms with Crippen molar-refractivity contribution >= 4 is 10.0 Å². The second-order valence-electron chi connectivity index (χ2n) is 18.2. The Balaban J connectivity index is 1.13. The summed E-state index contributed by atoms with van der Waals surface area (Å²) >= 11 is 0. The van der Waals surface area contributed by atoms with E-state index in [0.717, 1.165) is 32.1 Å². The number of aliphatic hydroxyl groups excluding tert-OH is 2. The maximum Gasteiger partial charge on any atom is 0.211 e.